The largest absolute Gasteiger partial charge is 0.463 e. The first-order chi connectivity index (χ1) is 15.2. The molecule has 6 heteroatoms. The van der Waals surface area contributed by atoms with Crippen LogP contribution in [0.15, 0.2) is 35.5 Å². The topological polar surface area (TPSA) is 61.9 Å². The van der Waals surface area contributed by atoms with Gasteiger partial charge >= 0.3 is 12.0 Å². The Morgan fingerprint density at radius 3 is 2.41 bits per heavy atom. The van der Waals surface area contributed by atoms with E-state index in [1.165, 1.54) is 12.0 Å². The van der Waals surface area contributed by atoms with Crippen molar-refractivity contribution in [1.82, 2.24) is 15.1 Å². The normalized spacial score (nSPS) is 22.7. The Morgan fingerprint density at radius 1 is 1.16 bits per heavy atom. The first-order valence-corrected chi connectivity index (χ1v) is 12.0. The molecular formula is C26H39N3O3. The minimum Gasteiger partial charge on any atom is -0.463 e. The average molecular weight is 442 g/mol. The maximum Gasteiger partial charge on any atom is 0.338 e. The number of hydrogen-bond acceptors (Lipinski definition) is 4. The van der Waals surface area contributed by atoms with Crippen molar-refractivity contribution >= 4 is 12.0 Å². The molecule has 2 aliphatic heterocycles. The van der Waals surface area contributed by atoms with E-state index in [2.05, 4.69) is 50.0 Å². The van der Waals surface area contributed by atoms with Crippen LogP contribution < -0.4 is 5.32 Å². The van der Waals surface area contributed by atoms with Crippen molar-refractivity contribution in [2.75, 3.05) is 26.2 Å². The Kier molecular flexibility index (Phi) is 7.65. The van der Waals surface area contributed by atoms with E-state index in [4.69, 9.17) is 4.74 Å². The average Bonchev–Trinajstić information content (AvgIpc) is 2.74. The second-order valence-electron chi connectivity index (χ2n) is 9.89. The molecule has 0 spiro atoms. The molecule has 2 atom stereocenters. The number of ether oxygens (including phenoxy) is 1. The van der Waals surface area contributed by atoms with Gasteiger partial charge in [0.2, 0.25) is 0 Å². The lowest BCUT2D eigenvalue weighted by atomic mass is 9.85. The van der Waals surface area contributed by atoms with E-state index in [0.717, 1.165) is 30.6 Å². The van der Waals surface area contributed by atoms with Crippen molar-refractivity contribution in [3.63, 3.8) is 0 Å². The number of urea groups is 1. The lowest BCUT2D eigenvalue weighted by Crippen LogP contribution is -2.52. The molecule has 2 heterocycles. The fourth-order valence-corrected chi connectivity index (χ4v) is 4.67. The lowest BCUT2D eigenvalue weighted by Gasteiger charge is -2.40. The number of amides is 2. The fraction of sp³-hybridized carbons (Fsp3) is 0.615. The van der Waals surface area contributed by atoms with Gasteiger partial charge in [0.1, 0.15) is 0 Å². The van der Waals surface area contributed by atoms with Gasteiger partial charge < -0.3 is 10.1 Å². The zero-order valence-corrected chi connectivity index (χ0v) is 20.5. The molecule has 1 N–H and O–H groups in total. The molecule has 1 fully saturated rings. The minimum absolute atomic E-state index is 0.0305. The van der Waals surface area contributed by atoms with Crippen molar-refractivity contribution in [1.29, 1.82) is 0 Å². The first kappa shape index (κ1) is 24.3. The van der Waals surface area contributed by atoms with Crippen LogP contribution in [0.25, 0.3) is 0 Å². The molecule has 0 aliphatic carbocycles. The van der Waals surface area contributed by atoms with Gasteiger partial charge in [0.15, 0.2) is 0 Å². The van der Waals surface area contributed by atoms with Gasteiger partial charge in [0.05, 0.1) is 18.2 Å². The number of nitrogens with one attached hydrogen (secondary N) is 1. The summed E-state index contributed by atoms with van der Waals surface area (Å²) in [5, 5.41) is 3.07. The number of piperidine rings is 1. The highest BCUT2D eigenvalue weighted by molar-refractivity contribution is 5.95. The third kappa shape index (κ3) is 5.17. The van der Waals surface area contributed by atoms with Crippen LogP contribution in [0, 0.1) is 0 Å². The van der Waals surface area contributed by atoms with Crippen LogP contribution in [0.1, 0.15) is 78.0 Å². The molecule has 0 radical (unpaired) electrons. The molecule has 2 amide bonds. The molecule has 1 aromatic carbocycles. The van der Waals surface area contributed by atoms with E-state index < -0.39 is 6.04 Å². The fourth-order valence-electron chi connectivity index (χ4n) is 4.67. The van der Waals surface area contributed by atoms with Gasteiger partial charge in [0.25, 0.3) is 0 Å². The number of likely N-dealkylation sites (N-methyl/N-ethyl adjacent to an activating group) is 1. The highest BCUT2D eigenvalue weighted by Crippen LogP contribution is 2.34. The van der Waals surface area contributed by atoms with Crippen molar-refractivity contribution in [3.05, 3.63) is 46.7 Å². The number of nitrogens with zero attached hydrogens (tertiary/aromatic N) is 2. The molecule has 0 unspecified atom stereocenters. The number of carbonyl (C=O) groups is 2. The van der Waals surface area contributed by atoms with Crippen molar-refractivity contribution < 1.29 is 14.3 Å². The number of esters is 1. The van der Waals surface area contributed by atoms with Crippen molar-refractivity contribution in [2.24, 2.45) is 0 Å². The summed E-state index contributed by atoms with van der Waals surface area (Å²) in [5.41, 5.74) is 3.46. The van der Waals surface area contributed by atoms with E-state index in [-0.39, 0.29) is 17.4 Å². The highest BCUT2D eigenvalue weighted by atomic mass is 16.5. The Morgan fingerprint density at radius 2 is 1.84 bits per heavy atom. The molecule has 0 saturated carbocycles. The molecule has 6 nitrogen and oxygen atoms in total. The zero-order chi connectivity index (χ0) is 23.5. The van der Waals surface area contributed by atoms with Gasteiger partial charge in [-0.1, -0.05) is 51.5 Å². The summed E-state index contributed by atoms with van der Waals surface area (Å²) in [6.07, 6.45) is 3.50. The smallest absolute Gasteiger partial charge is 0.338 e. The van der Waals surface area contributed by atoms with Crippen LogP contribution in [-0.2, 0) is 14.9 Å². The molecule has 32 heavy (non-hydrogen) atoms. The molecule has 3 rings (SSSR count). The highest BCUT2D eigenvalue weighted by Gasteiger charge is 2.39. The second-order valence-corrected chi connectivity index (χ2v) is 9.89. The van der Waals surface area contributed by atoms with Crippen molar-refractivity contribution in [3.8, 4) is 0 Å². The third-order valence-corrected chi connectivity index (χ3v) is 6.65. The molecule has 0 bridgehead atoms. The Hall–Kier alpha value is -2.34. The lowest BCUT2D eigenvalue weighted by molar-refractivity contribution is -0.139. The SMILES string of the molecule is CCOC(=O)C1=C(CN2CCCC[C@@H]2C)N(CC)C(=O)N[C@H]1c1ccc(C(C)(C)C)cc1. The summed E-state index contributed by atoms with van der Waals surface area (Å²) >= 11 is 0. The van der Waals surface area contributed by atoms with Crippen LogP contribution >= 0.6 is 0 Å². The summed E-state index contributed by atoms with van der Waals surface area (Å²) in [6, 6.07) is 7.96. The van der Waals surface area contributed by atoms with Crippen LogP contribution in [-0.4, -0.2) is 54.1 Å². The van der Waals surface area contributed by atoms with Gasteiger partial charge in [-0.25, -0.2) is 9.59 Å². The quantitative estimate of drug-likeness (QED) is 0.647. The molecule has 176 valence electrons. The Bertz CT molecular complexity index is 854. The molecule has 0 aromatic heterocycles. The van der Waals surface area contributed by atoms with Crippen LogP contribution in [0.4, 0.5) is 4.79 Å². The van der Waals surface area contributed by atoms with Gasteiger partial charge in [-0.2, -0.15) is 0 Å². The Balaban J connectivity index is 2.08. The molecule has 1 saturated heterocycles. The predicted octanol–water partition coefficient (Wildman–Crippen LogP) is 4.76. The third-order valence-electron chi connectivity index (χ3n) is 6.65. The monoisotopic (exact) mass is 441 g/mol. The maximum atomic E-state index is 13.2. The van der Waals surface area contributed by atoms with Gasteiger partial charge in [-0.05, 0) is 56.7 Å². The Labute approximate surface area is 193 Å². The van der Waals surface area contributed by atoms with Gasteiger partial charge in [-0.3, -0.25) is 9.80 Å². The van der Waals surface area contributed by atoms with Crippen LogP contribution in [0.5, 0.6) is 0 Å². The van der Waals surface area contributed by atoms with E-state index >= 15 is 0 Å². The van der Waals surface area contributed by atoms with E-state index in [9.17, 15) is 9.59 Å². The molecule has 1 aromatic rings. The minimum atomic E-state index is -0.520. The standard InChI is InChI=1S/C26H39N3O3/c1-7-29-21(17-28-16-10-9-11-18(28)3)22(24(30)32-8-2)23(27-25(29)31)19-12-14-20(15-13-19)26(4,5)6/h12-15,18,23H,7-11,16-17H2,1-6H3,(H,27,31)/t18-,23-/m0/s1. The molecular weight excluding hydrogens is 402 g/mol. The van der Waals surface area contributed by atoms with E-state index in [1.807, 2.05) is 26.0 Å². The van der Waals surface area contributed by atoms with Crippen LogP contribution in [0.3, 0.4) is 0 Å². The van der Waals surface area contributed by atoms with Gasteiger partial charge in [0, 0.05) is 24.8 Å². The summed E-state index contributed by atoms with van der Waals surface area (Å²) in [6.45, 7) is 14.9. The zero-order valence-electron chi connectivity index (χ0n) is 20.5. The number of benzene rings is 1. The summed E-state index contributed by atoms with van der Waals surface area (Å²) < 4.78 is 5.49. The number of rotatable bonds is 6. The maximum absolute atomic E-state index is 13.2. The van der Waals surface area contributed by atoms with E-state index in [0.29, 0.717) is 31.3 Å². The summed E-state index contributed by atoms with van der Waals surface area (Å²) in [7, 11) is 0. The molecule has 2 aliphatic rings. The predicted molar refractivity (Wildman–Crippen MR) is 127 cm³/mol. The second kappa shape index (κ2) is 10.1. The first-order valence-electron chi connectivity index (χ1n) is 12.0. The van der Waals surface area contributed by atoms with Crippen LogP contribution in [0.2, 0.25) is 0 Å². The summed E-state index contributed by atoms with van der Waals surface area (Å²) in [5.74, 6) is -0.351. The summed E-state index contributed by atoms with van der Waals surface area (Å²) in [4.78, 5) is 30.4. The van der Waals surface area contributed by atoms with E-state index in [1.54, 1.807) is 4.90 Å². The number of carbonyl (C=O) groups excluding carboxylic acids is 2. The number of likely N-dealkylation sites (tertiary alicyclic amines) is 1. The van der Waals surface area contributed by atoms with Crippen molar-refractivity contribution in [2.45, 2.75) is 78.3 Å². The van der Waals surface area contributed by atoms with Gasteiger partial charge in [-0.15, -0.1) is 0 Å². The number of hydrogen-bond donors (Lipinski definition) is 1.